The number of rotatable bonds is 2. The van der Waals surface area contributed by atoms with E-state index in [1.54, 1.807) is 0 Å². The van der Waals surface area contributed by atoms with Gasteiger partial charge in [-0.25, -0.2) is 8.78 Å². The Labute approximate surface area is 127 Å². The zero-order valence-corrected chi connectivity index (χ0v) is 11.5. The third kappa shape index (κ3) is 3.23. The molecule has 23 heavy (non-hydrogen) atoms. The molecule has 1 aromatic heterocycles. The Hall–Kier alpha value is -2.70. The van der Waals surface area contributed by atoms with Crippen molar-refractivity contribution in [1.29, 1.82) is 0 Å². The van der Waals surface area contributed by atoms with Crippen molar-refractivity contribution in [3.8, 4) is 0 Å². The topological polar surface area (TPSA) is 24.9 Å². The summed E-state index contributed by atoms with van der Waals surface area (Å²) in [5, 5.41) is 2.92. The van der Waals surface area contributed by atoms with E-state index in [9.17, 15) is 22.0 Å². The van der Waals surface area contributed by atoms with Crippen LogP contribution in [-0.2, 0) is 6.18 Å². The van der Waals surface area contributed by atoms with Crippen LogP contribution in [0.25, 0.3) is 10.9 Å². The molecule has 0 atom stereocenters. The van der Waals surface area contributed by atoms with Crippen LogP contribution in [0.2, 0.25) is 0 Å². The van der Waals surface area contributed by atoms with E-state index in [2.05, 4.69) is 10.3 Å². The summed E-state index contributed by atoms with van der Waals surface area (Å²) in [6, 6.07) is 7.35. The minimum atomic E-state index is -4.49. The van der Waals surface area contributed by atoms with Crippen LogP contribution in [0.4, 0.5) is 33.3 Å². The fourth-order valence-corrected chi connectivity index (χ4v) is 2.21. The maximum atomic E-state index is 13.2. The summed E-state index contributed by atoms with van der Waals surface area (Å²) >= 11 is 0. The van der Waals surface area contributed by atoms with Crippen LogP contribution < -0.4 is 5.32 Å². The number of nitrogens with zero attached hydrogens (tertiary/aromatic N) is 1. The molecular weight excluding hydrogens is 315 g/mol. The van der Waals surface area contributed by atoms with E-state index in [1.807, 2.05) is 0 Å². The predicted octanol–water partition coefficient (Wildman–Crippen LogP) is 5.28. The van der Waals surface area contributed by atoms with Gasteiger partial charge in [0.05, 0.1) is 11.1 Å². The molecule has 0 bridgehead atoms. The highest BCUT2D eigenvalue weighted by Gasteiger charge is 2.30. The molecule has 0 saturated heterocycles. The number of hydrogen-bond donors (Lipinski definition) is 1. The zero-order valence-electron chi connectivity index (χ0n) is 11.5. The van der Waals surface area contributed by atoms with Crippen LogP contribution in [0.1, 0.15) is 5.56 Å². The molecule has 0 aliphatic rings. The van der Waals surface area contributed by atoms with E-state index in [0.29, 0.717) is 11.6 Å². The van der Waals surface area contributed by atoms with Crippen LogP contribution in [0.3, 0.4) is 0 Å². The molecule has 2 nitrogen and oxygen atoms in total. The van der Waals surface area contributed by atoms with Gasteiger partial charge >= 0.3 is 6.18 Å². The molecule has 0 spiro atoms. The normalized spacial score (nSPS) is 11.7. The molecule has 0 fully saturated rings. The monoisotopic (exact) mass is 324 g/mol. The Morgan fingerprint density at radius 3 is 2.22 bits per heavy atom. The lowest BCUT2D eigenvalue weighted by Gasteiger charge is -2.12. The van der Waals surface area contributed by atoms with E-state index >= 15 is 0 Å². The highest BCUT2D eigenvalue weighted by Crippen LogP contribution is 2.34. The highest BCUT2D eigenvalue weighted by molar-refractivity contribution is 5.93. The predicted molar refractivity (Wildman–Crippen MR) is 76.4 cm³/mol. The average Bonchev–Trinajstić information content (AvgIpc) is 2.45. The number of fused-ring (bicyclic) bond motifs is 1. The summed E-state index contributed by atoms with van der Waals surface area (Å²) in [5.41, 5.74) is -0.134. The van der Waals surface area contributed by atoms with Crippen LogP contribution in [0, 0.1) is 11.6 Å². The molecule has 0 aliphatic carbocycles. The zero-order chi connectivity index (χ0) is 16.6. The first-order valence-electron chi connectivity index (χ1n) is 6.52. The molecule has 118 valence electrons. The largest absolute Gasteiger partial charge is 0.416 e. The van der Waals surface area contributed by atoms with Crippen molar-refractivity contribution in [2.45, 2.75) is 6.18 Å². The number of aromatic nitrogens is 1. The Kier molecular flexibility index (Phi) is 3.63. The van der Waals surface area contributed by atoms with Crippen molar-refractivity contribution in [1.82, 2.24) is 4.98 Å². The first kappa shape index (κ1) is 15.2. The summed E-state index contributed by atoms with van der Waals surface area (Å²) in [6.07, 6.45) is -3.10. The van der Waals surface area contributed by atoms with Crippen molar-refractivity contribution < 1.29 is 22.0 Å². The molecule has 2 aromatic carbocycles. The molecule has 1 heterocycles. The number of pyridine rings is 1. The molecule has 0 amide bonds. The molecule has 0 unspecified atom stereocenters. The Morgan fingerprint density at radius 2 is 1.57 bits per heavy atom. The lowest BCUT2D eigenvalue weighted by atomic mass is 10.1. The number of anilines is 2. The van der Waals surface area contributed by atoms with Crippen LogP contribution in [0.5, 0.6) is 0 Å². The lowest BCUT2D eigenvalue weighted by Crippen LogP contribution is -2.05. The van der Waals surface area contributed by atoms with Crippen molar-refractivity contribution >= 4 is 22.3 Å². The summed E-state index contributed by atoms with van der Waals surface area (Å²) in [7, 11) is 0. The molecule has 0 radical (unpaired) electrons. The second kappa shape index (κ2) is 5.49. The van der Waals surface area contributed by atoms with Gasteiger partial charge in [0.2, 0.25) is 0 Å². The molecule has 7 heteroatoms. The van der Waals surface area contributed by atoms with E-state index in [0.717, 1.165) is 24.3 Å². The van der Waals surface area contributed by atoms with Gasteiger partial charge < -0.3 is 5.32 Å². The van der Waals surface area contributed by atoms with E-state index in [-0.39, 0.29) is 16.8 Å². The van der Waals surface area contributed by atoms with Gasteiger partial charge in [0, 0.05) is 29.0 Å². The third-order valence-corrected chi connectivity index (χ3v) is 3.21. The maximum Gasteiger partial charge on any atom is 0.416 e. The van der Waals surface area contributed by atoms with Gasteiger partial charge in [-0.3, -0.25) is 4.98 Å². The van der Waals surface area contributed by atoms with Gasteiger partial charge in [0.25, 0.3) is 0 Å². The fraction of sp³-hybridized carbons (Fsp3) is 0.0625. The minimum absolute atomic E-state index is 0.0902. The second-order valence-corrected chi connectivity index (χ2v) is 4.87. The second-order valence-electron chi connectivity index (χ2n) is 4.87. The first-order chi connectivity index (χ1) is 10.8. The molecule has 1 N–H and O–H groups in total. The minimum Gasteiger partial charge on any atom is -0.355 e. The van der Waals surface area contributed by atoms with E-state index < -0.39 is 23.4 Å². The number of nitrogens with one attached hydrogen (secondary N) is 1. The van der Waals surface area contributed by atoms with Crippen molar-refractivity contribution in [3.63, 3.8) is 0 Å². The molecule has 0 aliphatic heterocycles. The van der Waals surface area contributed by atoms with E-state index in [1.165, 1.54) is 18.3 Å². The molecule has 0 saturated carbocycles. The van der Waals surface area contributed by atoms with Crippen LogP contribution in [-0.4, -0.2) is 4.98 Å². The standard InChI is InChI=1S/C16H9F5N2/c17-10-6-11(18)8-12(7-10)23-15-3-4-22-14-2-1-9(5-13(14)15)16(19,20)21/h1-8H,(H,22,23). The fourth-order valence-electron chi connectivity index (χ4n) is 2.21. The van der Waals surface area contributed by atoms with Crippen molar-refractivity contribution in [2.75, 3.05) is 5.32 Å². The SMILES string of the molecule is Fc1cc(F)cc(Nc2ccnc3ccc(C(F)(F)F)cc23)c1. The van der Waals surface area contributed by atoms with E-state index in [4.69, 9.17) is 0 Å². The smallest absolute Gasteiger partial charge is 0.355 e. The van der Waals surface area contributed by atoms with Gasteiger partial charge in [-0.15, -0.1) is 0 Å². The van der Waals surface area contributed by atoms with Crippen molar-refractivity contribution in [2.24, 2.45) is 0 Å². The first-order valence-corrected chi connectivity index (χ1v) is 6.52. The van der Waals surface area contributed by atoms with Gasteiger partial charge in [-0.1, -0.05) is 0 Å². The number of hydrogen-bond acceptors (Lipinski definition) is 2. The van der Waals surface area contributed by atoms with Crippen LogP contribution >= 0.6 is 0 Å². The van der Waals surface area contributed by atoms with Crippen molar-refractivity contribution in [3.05, 3.63) is 65.9 Å². The lowest BCUT2D eigenvalue weighted by molar-refractivity contribution is -0.137. The quantitative estimate of drug-likeness (QED) is 0.649. The highest BCUT2D eigenvalue weighted by atomic mass is 19.4. The summed E-state index contributed by atoms with van der Waals surface area (Å²) in [4.78, 5) is 3.99. The summed E-state index contributed by atoms with van der Waals surface area (Å²) in [6.45, 7) is 0. The molecule has 3 aromatic rings. The van der Waals surface area contributed by atoms with Gasteiger partial charge in [0.1, 0.15) is 11.6 Å². The Morgan fingerprint density at radius 1 is 0.870 bits per heavy atom. The number of benzene rings is 2. The third-order valence-electron chi connectivity index (χ3n) is 3.21. The number of halogens is 5. The Bertz CT molecular complexity index is 854. The number of alkyl halides is 3. The maximum absolute atomic E-state index is 13.2. The van der Waals surface area contributed by atoms with Crippen LogP contribution in [0.15, 0.2) is 48.7 Å². The summed E-state index contributed by atoms with van der Waals surface area (Å²) in [5.74, 6) is -1.58. The average molecular weight is 324 g/mol. The van der Waals surface area contributed by atoms with Gasteiger partial charge in [-0.05, 0) is 36.4 Å². The molecular formula is C16H9F5N2. The Balaban J connectivity index is 2.09. The van der Waals surface area contributed by atoms with Gasteiger partial charge in [0.15, 0.2) is 0 Å². The van der Waals surface area contributed by atoms with Gasteiger partial charge in [-0.2, -0.15) is 13.2 Å². The molecule has 3 rings (SSSR count). The summed E-state index contributed by atoms with van der Waals surface area (Å²) < 4.78 is 65.0.